The van der Waals surface area contributed by atoms with Gasteiger partial charge in [0.1, 0.15) is 5.69 Å². The Kier molecular flexibility index (Phi) is 3.28. The zero-order chi connectivity index (χ0) is 12.3. The number of hydrogen-bond acceptors (Lipinski definition) is 2. The van der Waals surface area contributed by atoms with E-state index in [1.165, 1.54) is 7.11 Å². The Morgan fingerprint density at radius 1 is 1.18 bits per heavy atom. The number of ether oxygens (including phenoxy) is 1. The number of methoxy groups -OCH3 is 1. The maximum absolute atomic E-state index is 11.6. The smallest absolute Gasteiger partial charge is 0.354 e. The zero-order valence-corrected chi connectivity index (χ0v) is 10.0. The molecule has 1 aromatic heterocycles. The standard InChI is InChI=1S/C14H15NO2/c1-3-15-12(11-7-5-4-6-8-11)9-10-13(15)14(16)17-2/h4-10H,3H2,1-2H3. The predicted molar refractivity (Wildman–Crippen MR) is 66.9 cm³/mol. The second kappa shape index (κ2) is 4.87. The molecule has 0 amide bonds. The van der Waals surface area contributed by atoms with Gasteiger partial charge in [0.05, 0.1) is 7.11 Å². The fraction of sp³-hybridized carbons (Fsp3) is 0.214. The quantitative estimate of drug-likeness (QED) is 0.758. The number of esters is 1. The Hall–Kier alpha value is -2.03. The Bertz CT molecular complexity index is 514. The minimum atomic E-state index is -0.297. The van der Waals surface area contributed by atoms with Crippen LogP contribution in [0.2, 0.25) is 0 Å². The van der Waals surface area contributed by atoms with Crippen LogP contribution in [-0.2, 0) is 11.3 Å². The Morgan fingerprint density at radius 2 is 1.88 bits per heavy atom. The molecule has 0 atom stereocenters. The first kappa shape index (κ1) is 11.5. The van der Waals surface area contributed by atoms with E-state index in [0.29, 0.717) is 5.69 Å². The summed E-state index contributed by atoms with van der Waals surface area (Å²) in [5.41, 5.74) is 2.73. The summed E-state index contributed by atoms with van der Waals surface area (Å²) in [7, 11) is 1.40. The topological polar surface area (TPSA) is 31.2 Å². The van der Waals surface area contributed by atoms with Gasteiger partial charge in [0.25, 0.3) is 0 Å². The molecule has 0 fully saturated rings. The summed E-state index contributed by atoms with van der Waals surface area (Å²) in [5, 5.41) is 0. The molecular formula is C14H15NO2. The lowest BCUT2D eigenvalue weighted by Crippen LogP contribution is -2.10. The fourth-order valence-electron chi connectivity index (χ4n) is 1.95. The first-order valence-corrected chi connectivity index (χ1v) is 5.61. The van der Waals surface area contributed by atoms with Crippen LogP contribution in [0.5, 0.6) is 0 Å². The minimum absolute atomic E-state index is 0.297. The van der Waals surface area contributed by atoms with Gasteiger partial charge in [-0.3, -0.25) is 0 Å². The van der Waals surface area contributed by atoms with Gasteiger partial charge in [-0.15, -0.1) is 0 Å². The van der Waals surface area contributed by atoms with E-state index in [-0.39, 0.29) is 5.97 Å². The van der Waals surface area contributed by atoms with Crippen molar-refractivity contribution < 1.29 is 9.53 Å². The average Bonchev–Trinajstić information content (AvgIpc) is 2.82. The molecule has 17 heavy (non-hydrogen) atoms. The van der Waals surface area contributed by atoms with Crippen LogP contribution in [0.4, 0.5) is 0 Å². The van der Waals surface area contributed by atoms with E-state index in [0.717, 1.165) is 17.8 Å². The Morgan fingerprint density at radius 3 is 2.47 bits per heavy atom. The lowest BCUT2D eigenvalue weighted by molar-refractivity contribution is 0.0589. The van der Waals surface area contributed by atoms with E-state index in [4.69, 9.17) is 4.74 Å². The Labute approximate surface area is 101 Å². The van der Waals surface area contributed by atoms with Crippen molar-refractivity contribution >= 4 is 5.97 Å². The van der Waals surface area contributed by atoms with Crippen LogP contribution in [0.25, 0.3) is 11.3 Å². The number of benzene rings is 1. The number of aromatic nitrogens is 1. The normalized spacial score (nSPS) is 10.2. The average molecular weight is 229 g/mol. The molecule has 0 spiro atoms. The molecule has 0 saturated carbocycles. The number of nitrogens with zero attached hydrogens (tertiary/aromatic N) is 1. The van der Waals surface area contributed by atoms with Crippen molar-refractivity contribution in [2.24, 2.45) is 0 Å². The second-order valence-corrected chi connectivity index (χ2v) is 3.71. The lowest BCUT2D eigenvalue weighted by Gasteiger charge is -2.09. The van der Waals surface area contributed by atoms with Gasteiger partial charge in [0, 0.05) is 12.2 Å². The maximum Gasteiger partial charge on any atom is 0.354 e. The third-order valence-corrected chi connectivity index (χ3v) is 2.76. The number of hydrogen-bond donors (Lipinski definition) is 0. The van der Waals surface area contributed by atoms with Gasteiger partial charge in [-0.1, -0.05) is 30.3 Å². The summed E-state index contributed by atoms with van der Waals surface area (Å²) in [6.45, 7) is 2.75. The molecule has 1 heterocycles. The molecule has 3 nitrogen and oxygen atoms in total. The van der Waals surface area contributed by atoms with E-state index in [1.807, 2.05) is 47.9 Å². The van der Waals surface area contributed by atoms with Crippen molar-refractivity contribution in [1.29, 1.82) is 0 Å². The highest BCUT2D eigenvalue weighted by molar-refractivity contribution is 5.89. The van der Waals surface area contributed by atoms with Gasteiger partial charge >= 0.3 is 5.97 Å². The largest absolute Gasteiger partial charge is 0.464 e. The van der Waals surface area contributed by atoms with Crippen molar-refractivity contribution in [2.75, 3.05) is 7.11 Å². The van der Waals surface area contributed by atoms with Crippen LogP contribution in [0.1, 0.15) is 17.4 Å². The second-order valence-electron chi connectivity index (χ2n) is 3.71. The number of carbonyl (C=O) groups is 1. The summed E-state index contributed by atoms with van der Waals surface area (Å²) < 4.78 is 6.73. The van der Waals surface area contributed by atoms with Crippen LogP contribution in [0, 0.1) is 0 Å². The van der Waals surface area contributed by atoms with Gasteiger partial charge in [0.2, 0.25) is 0 Å². The van der Waals surface area contributed by atoms with Crippen molar-refractivity contribution in [1.82, 2.24) is 4.57 Å². The molecule has 0 saturated heterocycles. The van der Waals surface area contributed by atoms with E-state index in [2.05, 4.69) is 0 Å². The third-order valence-electron chi connectivity index (χ3n) is 2.76. The highest BCUT2D eigenvalue weighted by Gasteiger charge is 2.14. The molecule has 1 aromatic carbocycles. The fourth-order valence-corrected chi connectivity index (χ4v) is 1.95. The van der Waals surface area contributed by atoms with Gasteiger partial charge in [0.15, 0.2) is 0 Å². The van der Waals surface area contributed by atoms with Crippen molar-refractivity contribution in [2.45, 2.75) is 13.5 Å². The first-order chi connectivity index (χ1) is 8.27. The molecule has 0 unspecified atom stereocenters. The molecule has 2 aromatic rings. The van der Waals surface area contributed by atoms with Gasteiger partial charge in [-0.05, 0) is 24.6 Å². The van der Waals surface area contributed by atoms with Gasteiger partial charge in [-0.2, -0.15) is 0 Å². The number of rotatable bonds is 3. The SMILES string of the molecule is CCn1c(C(=O)OC)ccc1-c1ccccc1. The van der Waals surface area contributed by atoms with Crippen LogP contribution < -0.4 is 0 Å². The first-order valence-electron chi connectivity index (χ1n) is 5.61. The van der Waals surface area contributed by atoms with E-state index < -0.39 is 0 Å². The predicted octanol–water partition coefficient (Wildman–Crippen LogP) is 2.96. The highest BCUT2D eigenvalue weighted by Crippen LogP contribution is 2.22. The molecule has 0 radical (unpaired) electrons. The molecule has 0 aliphatic rings. The Balaban J connectivity index is 2.50. The third kappa shape index (κ3) is 2.09. The molecule has 0 N–H and O–H groups in total. The van der Waals surface area contributed by atoms with Crippen molar-refractivity contribution in [3.05, 3.63) is 48.2 Å². The summed E-state index contributed by atoms with van der Waals surface area (Å²) in [5.74, 6) is -0.297. The van der Waals surface area contributed by atoms with Crippen molar-refractivity contribution in [3.8, 4) is 11.3 Å². The van der Waals surface area contributed by atoms with Crippen molar-refractivity contribution in [3.63, 3.8) is 0 Å². The lowest BCUT2D eigenvalue weighted by atomic mass is 10.1. The highest BCUT2D eigenvalue weighted by atomic mass is 16.5. The zero-order valence-electron chi connectivity index (χ0n) is 10.0. The van der Waals surface area contributed by atoms with Crippen LogP contribution >= 0.6 is 0 Å². The van der Waals surface area contributed by atoms with Gasteiger partial charge < -0.3 is 9.30 Å². The van der Waals surface area contributed by atoms with E-state index in [1.54, 1.807) is 6.07 Å². The van der Waals surface area contributed by atoms with E-state index >= 15 is 0 Å². The van der Waals surface area contributed by atoms with E-state index in [9.17, 15) is 4.79 Å². The maximum atomic E-state index is 11.6. The monoisotopic (exact) mass is 229 g/mol. The summed E-state index contributed by atoms with van der Waals surface area (Å²) in [6, 6.07) is 13.8. The van der Waals surface area contributed by atoms with Crippen LogP contribution in [-0.4, -0.2) is 17.6 Å². The minimum Gasteiger partial charge on any atom is -0.464 e. The summed E-state index contributed by atoms with van der Waals surface area (Å²) in [4.78, 5) is 11.6. The molecular weight excluding hydrogens is 214 g/mol. The summed E-state index contributed by atoms with van der Waals surface area (Å²) >= 11 is 0. The number of carbonyl (C=O) groups excluding carboxylic acids is 1. The van der Waals surface area contributed by atoms with Gasteiger partial charge in [-0.25, -0.2) is 4.79 Å². The molecule has 0 aliphatic carbocycles. The molecule has 2 rings (SSSR count). The summed E-state index contributed by atoms with van der Waals surface area (Å²) in [6.07, 6.45) is 0. The molecule has 3 heteroatoms. The molecule has 0 aliphatic heterocycles. The van der Waals surface area contributed by atoms with Crippen LogP contribution in [0.15, 0.2) is 42.5 Å². The van der Waals surface area contributed by atoms with Crippen LogP contribution in [0.3, 0.4) is 0 Å². The molecule has 0 bridgehead atoms. The molecule has 88 valence electrons.